The van der Waals surface area contributed by atoms with Crippen molar-refractivity contribution in [2.75, 3.05) is 11.9 Å². The van der Waals surface area contributed by atoms with Gasteiger partial charge in [0.25, 0.3) is 0 Å². The molecule has 0 spiro atoms. The van der Waals surface area contributed by atoms with E-state index in [9.17, 15) is 9.59 Å². The van der Waals surface area contributed by atoms with Crippen molar-refractivity contribution in [2.45, 2.75) is 86.5 Å². The van der Waals surface area contributed by atoms with Gasteiger partial charge in [-0.25, -0.2) is 0 Å². The van der Waals surface area contributed by atoms with Crippen molar-refractivity contribution in [1.29, 1.82) is 0 Å². The molecule has 2 aromatic carbocycles. The number of allylic oxidation sites excluding steroid dienone is 5. The summed E-state index contributed by atoms with van der Waals surface area (Å²) in [6.07, 6.45) is 22.5. The molecular formula is C40H52N4O2. The molecule has 6 heteroatoms. The highest BCUT2D eigenvalue weighted by Crippen LogP contribution is 2.38. The first-order valence-corrected chi connectivity index (χ1v) is 16.8. The van der Waals surface area contributed by atoms with Crippen LogP contribution in [0.25, 0.3) is 5.57 Å². The molecule has 3 N–H and O–H groups in total. The van der Waals surface area contributed by atoms with Gasteiger partial charge in [-0.2, -0.15) is 0 Å². The van der Waals surface area contributed by atoms with Gasteiger partial charge in [-0.1, -0.05) is 90.2 Å². The van der Waals surface area contributed by atoms with E-state index in [1.54, 1.807) is 24.3 Å². The van der Waals surface area contributed by atoms with Crippen molar-refractivity contribution in [3.63, 3.8) is 0 Å². The maximum Gasteiger partial charge on any atom is 0.248 e. The number of nitrogens with zero attached hydrogens (tertiary/aromatic N) is 2. The van der Waals surface area contributed by atoms with Gasteiger partial charge in [-0.05, 0) is 79.3 Å². The summed E-state index contributed by atoms with van der Waals surface area (Å²) in [5, 5.41) is 2.80. The molecule has 1 fully saturated rings. The first kappa shape index (κ1) is 36.2. The third-order valence-electron chi connectivity index (χ3n) is 8.57. The monoisotopic (exact) mass is 620 g/mol. The fraction of sp³-hybridized carbons (Fsp3) is 0.375. The molecular weight excluding hydrogens is 568 g/mol. The Morgan fingerprint density at radius 2 is 1.83 bits per heavy atom. The predicted molar refractivity (Wildman–Crippen MR) is 195 cm³/mol. The Labute approximate surface area is 276 Å². The Morgan fingerprint density at radius 1 is 1.09 bits per heavy atom. The fourth-order valence-electron chi connectivity index (χ4n) is 6.02. The van der Waals surface area contributed by atoms with E-state index >= 15 is 0 Å². The van der Waals surface area contributed by atoms with Gasteiger partial charge in [-0.3, -0.25) is 14.6 Å². The number of carbonyl (C=O) groups excluding carboxylic acids is 2. The summed E-state index contributed by atoms with van der Waals surface area (Å²) in [6.45, 7) is 16.6. The second-order valence-corrected chi connectivity index (χ2v) is 11.6. The molecule has 0 saturated heterocycles. The lowest BCUT2D eigenvalue weighted by atomic mass is 9.88. The maximum absolute atomic E-state index is 13.4. The third kappa shape index (κ3) is 9.13. The molecule has 0 radical (unpaired) electrons. The highest BCUT2D eigenvalue weighted by atomic mass is 16.1. The Kier molecular flexibility index (Phi) is 14.2. The number of aliphatic imine (C=N–C) groups is 1. The molecule has 2 aromatic rings. The summed E-state index contributed by atoms with van der Waals surface area (Å²) in [4.78, 5) is 31.8. The number of rotatable bonds is 8. The second kappa shape index (κ2) is 18.0. The lowest BCUT2D eigenvalue weighted by molar-refractivity contribution is -0.111. The Hall–Kier alpha value is -4.29. The van der Waals surface area contributed by atoms with Gasteiger partial charge in [0.1, 0.15) is 0 Å². The predicted octanol–water partition coefficient (Wildman–Crippen LogP) is 9.53. The first-order valence-electron chi connectivity index (χ1n) is 16.8. The van der Waals surface area contributed by atoms with E-state index in [2.05, 4.69) is 48.9 Å². The minimum atomic E-state index is -0.268. The van der Waals surface area contributed by atoms with Crippen LogP contribution in [0.1, 0.15) is 98.8 Å². The van der Waals surface area contributed by atoms with E-state index in [0.717, 1.165) is 46.0 Å². The number of benzene rings is 2. The van der Waals surface area contributed by atoms with Crippen molar-refractivity contribution in [2.24, 2.45) is 16.6 Å². The van der Waals surface area contributed by atoms with Gasteiger partial charge in [0.2, 0.25) is 11.7 Å². The minimum absolute atomic E-state index is 0.195. The zero-order chi connectivity index (χ0) is 33.6. The fourth-order valence-corrected chi connectivity index (χ4v) is 6.02. The SMILES string of the molecule is C=C(C(=O)c1ccc(NC(=O)/C=C/CN)c(C)c1)N1C=CC=C(c2cc3c(cc2C)CC=N3)/C1=C/C.CC.CCC1CCCCC1. The van der Waals surface area contributed by atoms with Crippen LogP contribution in [-0.2, 0) is 11.2 Å². The Bertz CT molecular complexity index is 1550. The van der Waals surface area contributed by atoms with Crippen molar-refractivity contribution in [1.82, 2.24) is 4.90 Å². The van der Waals surface area contributed by atoms with Gasteiger partial charge in [0.05, 0.1) is 11.4 Å². The lowest BCUT2D eigenvalue weighted by Crippen LogP contribution is -2.24. The topological polar surface area (TPSA) is 87.8 Å². The highest BCUT2D eigenvalue weighted by molar-refractivity contribution is 6.09. The molecule has 2 heterocycles. The van der Waals surface area contributed by atoms with Crippen molar-refractivity contribution in [3.05, 3.63) is 113 Å². The summed E-state index contributed by atoms with van der Waals surface area (Å²) in [6, 6.07) is 9.49. The molecule has 0 atom stereocenters. The van der Waals surface area contributed by atoms with Gasteiger partial charge in [0.15, 0.2) is 0 Å². The summed E-state index contributed by atoms with van der Waals surface area (Å²) >= 11 is 0. The normalized spacial score (nSPS) is 16.3. The number of hydrogen-bond acceptors (Lipinski definition) is 5. The van der Waals surface area contributed by atoms with E-state index in [1.807, 2.05) is 57.2 Å². The van der Waals surface area contributed by atoms with Crippen LogP contribution in [-0.4, -0.2) is 29.3 Å². The molecule has 6 nitrogen and oxygen atoms in total. The number of carbonyl (C=O) groups is 2. The zero-order valence-electron chi connectivity index (χ0n) is 28.7. The Balaban J connectivity index is 0.000000496. The maximum atomic E-state index is 13.4. The largest absolute Gasteiger partial charge is 0.327 e. The van der Waals surface area contributed by atoms with Crippen LogP contribution >= 0.6 is 0 Å². The summed E-state index contributed by atoms with van der Waals surface area (Å²) in [5.41, 5.74) is 14.0. The van der Waals surface area contributed by atoms with Crippen LogP contribution in [0.15, 0.2) is 89.9 Å². The van der Waals surface area contributed by atoms with Crippen LogP contribution in [0.3, 0.4) is 0 Å². The molecule has 0 bridgehead atoms. The molecule has 46 heavy (non-hydrogen) atoms. The number of aryl methyl sites for hydroxylation is 2. The van der Waals surface area contributed by atoms with Crippen LogP contribution < -0.4 is 11.1 Å². The highest BCUT2D eigenvalue weighted by Gasteiger charge is 2.25. The smallest absolute Gasteiger partial charge is 0.248 e. The number of amides is 1. The van der Waals surface area contributed by atoms with E-state index in [-0.39, 0.29) is 18.2 Å². The molecule has 2 aliphatic heterocycles. The standard InChI is InChI=1S/C30H30N4O2.C8H16.C2H6/c1-5-28-24(25-18-27-22(12-14-32-27)16-19(25)2)8-7-15-34(28)21(4)30(36)23-10-11-26(20(3)17-23)33-29(35)9-6-13-31;1-2-8-6-4-3-5-7-8;1-2/h5-11,14-18H,4,12-13,31H2,1-3H3,(H,33,35);8H,2-7H2,1H3;1-2H3/b9-6+,28-5-;;. The van der Waals surface area contributed by atoms with E-state index in [0.29, 0.717) is 16.9 Å². The molecule has 1 amide bonds. The molecule has 0 aromatic heterocycles. The van der Waals surface area contributed by atoms with Gasteiger partial charge in [0, 0.05) is 54.0 Å². The zero-order valence-corrected chi connectivity index (χ0v) is 28.7. The van der Waals surface area contributed by atoms with Crippen LogP contribution in [0, 0.1) is 19.8 Å². The second-order valence-electron chi connectivity index (χ2n) is 11.6. The van der Waals surface area contributed by atoms with Crippen molar-refractivity contribution < 1.29 is 9.59 Å². The number of hydrogen-bond donors (Lipinski definition) is 2. The number of Topliss-reactive ketones (excluding diaryl/α,β-unsaturated/α-hetero) is 1. The summed E-state index contributed by atoms with van der Waals surface area (Å²) in [5.74, 6) is 0.623. The molecule has 0 unspecified atom stereocenters. The number of fused-ring (bicyclic) bond motifs is 1. The van der Waals surface area contributed by atoms with Crippen LogP contribution in [0.2, 0.25) is 0 Å². The van der Waals surface area contributed by atoms with E-state index in [4.69, 9.17) is 5.73 Å². The van der Waals surface area contributed by atoms with Crippen molar-refractivity contribution in [3.8, 4) is 0 Å². The molecule has 1 saturated carbocycles. The van der Waals surface area contributed by atoms with Crippen molar-refractivity contribution >= 4 is 34.9 Å². The minimum Gasteiger partial charge on any atom is -0.327 e. The average molecular weight is 621 g/mol. The number of nitrogens with two attached hydrogens (primary N) is 1. The number of anilines is 1. The first-order chi connectivity index (χ1) is 22.3. The number of nitrogens with one attached hydrogen (secondary N) is 1. The summed E-state index contributed by atoms with van der Waals surface area (Å²) in [7, 11) is 0. The van der Waals surface area contributed by atoms with Crippen LogP contribution in [0.5, 0.6) is 0 Å². The quantitative estimate of drug-likeness (QED) is 0.227. The van der Waals surface area contributed by atoms with Gasteiger partial charge < -0.3 is 16.0 Å². The van der Waals surface area contributed by atoms with Crippen LogP contribution in [0.4, 0.5) is 11.4 Å². The van der Waals surface area contributed by atoms with E-state index < -0.39 is 0 Å². The third-order valence-corrected chi connectivity index (χ3v) is 8.57. The van der Waals surface area contributed by atoms with Gasteiger partial charge in [-0.15, -0.1) is 0 Å². The molecule has 1 aliphatic carbocycles. The average Bonchev–Trinajstić information content (AvgIpc) is 3.55. The lowest BCUT2D eigenvalue weighted by Gasteiger charge is -2.30. The molecule has 3 aliphatic rings. The Morgan fingerprint density at radius 3 is 2.46 bits per heavy atom. The van der Waals surface area contributed by atoms with Gasteiger partial charge >= 0.3 is 0 Å². The molecule has 5 rings (SSSR count). The summed E-state index contributed by atoms with van der Waals surface area (Å²) < 4.78 is 0. The number of ketones is 1. The molecule has 244 valence electrons. The van der Waals surface area contributed by atoms with E-state index in [1.165, 1.54) is 50.2 Å².